The molecule has 3 aromatic heterocycles. The Labute approximate surface area is 645 Å². The van der Waals surface area contributed by atoms with Crippen molar-refractivity contribution in [3.05, 3.63) is 438 Å². The Hall–Kier alpha value is -13.2. The maximum atomic E-state index is 3.44. The molecule has 6 nitrogen and oxygen atoms in total. The van der Waals surface area contributed by atoms with Crippen LogP contribution in [0.2, 0.25) is 0 Å². The fraction of sp³-hybridized carbons (Fsp3) is 0. The lowest BCUT2D eigenvalue weighted by molar-refractivity contribution is 1.17. The second kappa shape index (κ2) is 31.2. The van der Waals surface area contributed by atoms with Crippen LogP contribution < -0.4 is 15.1 Å². The maximum Gasteiger partial charge on any atom is 0.0541 e. The van der Waals surface area contributed by atoms with Gasteiger partial charge in [-0.3, -0.25) is 0 Å². The lowest BCUT2D eigenvalue weighted by atomic mass is 10.1. The van der Waals surface area contributed by atoms with Crippen LogP contribution in [0.3, 0.4) is 0 Å². The molecule has 3 heterocycles. The summed E-state index contributed by atoms with van der Waals surface area (Å²) in [5, 5.41) is 11.1. The van der Waals surface area contributed by atoms with E-state index >= 15 is 0 Å². The summed E-state index contributed by atoms with van der Waals surface area (Å²) in [6.45, 7) is 0. The number of benzene rings is 16. The van der Waals surface area contributed by atoms with Crippen LogP contribution in [0.4, 0.5) is 45.5 Å². The van der Waals surface area contributed by atoms with Crippen LogP contribution >= 0.6 is 31.9 Å². The Morgan fingerprint density at radius 2 is 0.398 bits per heavy atom. The van der Waals surface area contributed by atoms with Gasteiger partial charge in [-0.2, -0.15) is 0 Å². The number of rotatable bonds is 15. The Morgan fingerprint density at radius 1 is 0.194 bits per heavy atom. The molecule has 19 aromatic rings. The van der Waals surface area contributed by atoms with Crippen molar-refractivity contribution in [2.75, 3.05) is 15.1 Å². The Kier molecular flexibility index (Phi) is 19.6. The molecule has 0 fully saturated rings. The van der Waals surface area contributed by atoms with E-state index in [1.54, 1.807) is 0 Å². The summed E-state index contributed by atoms with van der Waals surface area (Å²) in [5.74, 6) is 0. The fourth-order valence-corrected chi connectivity index (χ4v) is 15.1. The Balaban J connectivity index is 0.000000164. The van der Waals surface area contributed by atoms with Crippen LogP contribution in [-0.2, 0) is 0 Å². The molecular formula is C100H72Br2N6. The minimum atomic E-state index is 1.08. The van der Waals surface area contributed by atoms with Gasteiger partial charge in [-0.1, -0.05) is 268 Å². The van der Waals surface area contributed by atoms with Gasteiger partial charge in [-0.05, 0) is 216 Å². The summed E-state index contributed by atoms with van der Waals surface area (Å²) in [5.41, 5.74) is 24.2. The molecular weight excluding hydrogens is 1440 g/mol. The van der Waals surface area contributed by atoms with Crippen molar-refractivity contribution in [2.24, 2.45) is 0 Å². The smallest absolute Gasteiger partial charge is 0.0541 e. The Bertz CT molecular complexity index is 5900. The monoisotopic (exact) mass is 1510 g/mol. The van der Waals surface area contributed by atoms with Crippen LogP contribution in [0.1, 0.15) is 22.3 Å². The first kappa shape index (κ1) is 67.9. The van der Waals surface area contributed by atoms with Gasteiger partial charge in [0, 0.05) is 104 Å². The van der Waals surface area contributed by atoms with E-state index in [4.69, 9.17) is 0 Å². The molecule has 516 valence electrons. The van der Waals surface area contributed by atoms with E-state index in [0.717, 1.165) is 76.9 Å². The van der Waals surface area contributed by atoms with Crippen molar-refractivity contribution in [1.82, 2.24) is 13.7 Å². The predicted octanol–water partition coefficient (Wildman–Crippen LogP) is 28.9. The van der Waals surface area contributed by atoms with Gasteiger partial charge in [0.2, 0.25) is 0 Å². The third kappa shape index (κ3) is 14.4. The van der Waals surface area contributed by atoms with E-state index < -0.39 is 0 Å². The molecule has 108 heavy (non-hydrogen) atoms. The first-order valence-electron chi connectivity index (χ1n) is 36.2. The third-order valence-electron chi connectivity index (χ3n) is 19.7. The van der Waals surface area contributed by atoms with Crippen LogP contribution in [0, 0.1) is 0 Å². The molecule has 0 aliphatic heterocycles. The molecule has 0 amide bonds. The molecule has 0 atom stereocenters. The zero-order chi connectivity index (χ0) is 72.5. The van der Waals surface area contributed by atoms with E-state index in [2.05, 4.69) is 449 Å². The highest BCUT2D eigenvalue weighted by Gasteiger charge is 2.19. The highest BCUT2D eigenvalue weighted by Crippen LogP contribution is 2.41. The number of hydrogen-bond donors (Lipinski definition) is 1. The molecule has 0 saturated heterocycles. The highest BCUT2D eigenvalue weighted by molar-refractivity contribution is 9.10. The number of nitrogens with zero attached hydrogens (tertiary/aromatic N) is 5. The molecule has 16 aromatic carbocycles. The average molecular weight is 1520 g/mol. The van der Waals surface area contributed by atoms with Crippen LogP contribution in [0.5, 0.6) is 0 Å². The van der Waals surface area contributed by atoms with Crippen LogP contribution in [-0.4, -0.2) is 13.7 Å². The zero-order valence-corrected chi connectivity index (χ0v) is 62.2. The standard InChI is InChI=1S/C62H44N4.C24H18N2.C14H10Br2/c1-3-15-47(16-4-1)63(51-37-41-53(42-38-51)65-59-23-11-7-19-55(59)56-20-8-12-24-60(56)65)49-33-29-45(30-34-49)27-28-46-31-35-50(36-32-46)64(48-17-5-2-6-18-48)52-39-43-54(44-40-52)66-61-25-13-9-21-57(61)58-22-10-14-26-62(58)66;1-2-8-18(9-3-1)25-19-14-16-20(17-15-19)26-23-12-6-4-10-21(23)22-11-5-7-13-24(22)26;15-13-7-3-11(4-8-13)1-2-12-5-9-14(16)10-6-12/h1-44H;1-17,25H;1-10H/b28-27+;;2-1+. The summed E-state index contributed by atoms with van der Waals surface area (Å²) in [7, 11) is 0. The maximum absolute atomic E-state index is 3.44. The minimum absolute atomic E-state index is 1.08. The molecule has 0 bridgehead atoms. The third-order valence-corrected chi connectivity index (χ3v) is 20.7. The van der Waals surface area contributed by atoms with Gasteiger partial charge in [0.15, 0.2) is 0 Å². The summed E-state index contributed by atoms with van der Waals surface area (Å²) < 4.78 is 9.27. The van der Waals surface area contributed by atoms with E-state index in [1.807, 2.05) is 42.5 Å². The van der Waals surface area contributed by atoms with Gasteiger partial charge < -0.3 is 28.8 Å². The molecule has 0 spiro atoms. The van der Waals surface area contributed by atoms with Gasteiger partial charge >= 0.3 is 0 Å². The van der Waals surface area contributed by atoms with E-state index in [1.165, 1.54) is 82.2 Å². The fourth-order valence-electron chi connectivity index (χ4n) is 14.5. The van der Waals surface area contributed by atoms with Crippen molar-refractivity contribution in [3.8, 4) is 17.1 Å². The average Bonchev–Trinajstić information content (AvgIpc) is 1.61. The number of hydrogen-bond acceptors (Lipinski definition) is 3. The van der Waals surface area contributed by atoms with Gasteiger partial charge in [-0.25, -0.2) is 0 Å². The summed E-state index contributed by atoms with van der Waals surface area (Å²) in [6, 6.07) is 144. The lowest BCUT2D eigenvalue weighted by Gasteiger charge is -2.26. The van der Waals surface area contributed by atoms with Gasteiger partial charge in [0.25, 0.3) is 0 Å². The van der Waals surface area contributed by atoms with Gasteiger partial charge in [-0.15, -0.1) is 0 Å². The van der Waals surface area contributed by atoms with Crippen molar-refractivity contribution in [1.29, 1.82) is 0 Å². The lowest BCUT2D eigenvalue weighted by Crippen LogP contribution is -2.10. The topological polar surface area (TPSA) is 33.3 Å². The van der Waals surface area contributed by atoms with E-state index in [9.17, 15) is 0 Å². The quantitative estimate of drug-likeness (QED) is 0.104. The van der Waals surface area contributed by atoms with Crippen molar-refractivity contribution in [3.63, 3.8) is 0 Å². The molecule has 0 radical (unpaired) electrons. The van der Waals surface area contributed by atoms with E-state index in [-0.39, 0.29) is 0 Å². The normalized spacial score (nSPS) is 11.4. The van der Waals surface area contributed by atoms with Crippen LogP contribution in [0.25, 0.3) is 107 Å². The second-order valence-electron chi connectivity index (χ2n) is 26.5. The summed E-state index contributed by atoms with van der Waals surface area (Å²) in [4.78, 5) is 4.64. The number of fused-ring (bicyclic) bond motifs is 9. The number of anilines is 8. The SMILES string of the molecule is Brc1ccc(/C=C/c2ccc(Br)cc2)cc1.C(=C\c1ccc(N(c2ccccc2)c2ccc(-n3c4ccccc4c4ccccc43)cc2)cc1)/c1ccc(N(c2ccccc2)c2ccc(-n3c4ccccc4c4ccccc43)cc2)cc1.c1ccc(Nc2ccc(-n3c4ccccc4c4ccccc43)cc2)cc1. The molecule has 19 rings (SSSR count). The van der Waals surface area contributed by atoms with Crippen LogP contribution in [0.15, 0.2) is 415 Å². The number of para-hydroxylation sites is 9. The number of nitrogens with one attached hydrogen (secondary N) is 1. The molecule has 0 aliphatic carbocycles. The summed E-state index contributed by atoms with van der Waals surface area (Å²) >= 11 is 6.84. The largest absolute Gasteiger partial charge is 0.356 e. The van der Waals surface area contributed by atoms with Gasteiger partial charge in [0.1, 0.15) is 0 Å². The summed E-state index contributed by atoms with van der Waals surface area (Å²) in [6.07, 6.45) is 8.59. The predicted molar refractivity (Wildman–Crippen MR) is 468 cm³/mol. The first-order chi connectivity index (χ1) is 53.4. The molecule has 0 unspecified atom stereocenters. The molecule has 8 heteroatoms. The van der Waals surface area contributed by atoms with Crippen molar-refractivity contribution in [2.45, 2.75) is 0 Å². The van der Waals surface area contributed by atoms with Crippen molar-refractivity contribution >= 4 is 167 Å². The number of aromatic nitrogens is 3. The van der Waals surface area contributed by atoms with Crippen molar-refractivity contribution < 1.29 is 0 Å². The highest BCUT2D eigenvalue weighted by atomic mass is 79.9. The Morgan fingerprint density at radius 3 is 0.676 bits per heavy atom. The second-order valence-corrected chi connectivity index (χ2v) is 28.3. The molecule has 1 N–H and O–H groups in total. The number of halogens is 2. The molecule has 0 aliphatic rings. The molecule has 0 saturated carbocycles. The zero-order valence-electron chi connectivity index (χ0n) is 59.0. The first-order valence-corrected chi connectivity index (χ1v) is 37.8. The van der Waals surface area contributed by atoms with E-state index in [0.29, 0.717) is 0 Å². The van der Waals surface area contributed by atoms with Gasteiger partial charge in [0.05, 0.1) is 33.1 Å². The minimum Gasteiger partial charge on any atom is -0.356 e.